The van der Waals surface area contributed by atoms with Crippen molar-refractivity contribution < 1.29 is 9.53 Å². The van der Waals surface area contributed by atoms with Gasteiger partial charge in [0.25, 0.3) is 5.91 Å². The summed E-state index contributed by atoms with van der Waals surface area (Å²) in [6.45, 7) is 4.36. The summed E-state index contributed by atoms with van der Waals surface area (Å²) in [6, 6.07) is 1.75. The Morgan fingerprint density at radius 3 is 3.05 bits per heavy atom. The van der Waals surface area contributed by atoms with Crippen LogP contribution in [0.25, 0.3) is 0 Å². The van der Waals surface area contributed by atoms with Gasteiger partial charge in [0.1, 0.15) is 5.69 Å². The lowest BCUT2D eigenvalue weighted by Crippen LogP contribution is -2.35. The Morgan fingerprint density at radius 1 is 1.63 bits per heavy atom. The minimum absolute atomic E-state index is 0.0145. The molecule has 1 atom stereocenters. The maximum Gasteiger partial charge on any atom is 0.270 e. The molecule has 0 radical (unpaired) electrons. The molecule has 2 N–H and O–H groups in total. The van der Waals surface area contributed by atoms with Gasteiger partial charge in [-0.25, -0.2) is 0 Å². The summed E-state index contributed by atoms with van der Waals surface area (Å²) >= 11 is 0. The van der Waals surface area contributed by atoms with Crippen molar-refractivity contribution in [2.24, 2.45) is 0 Å². The van der Waals surface area contributed by atoms with E-state index in [1.54, 1.807) is 11.0 Å². The minimum atomic E-state index is 0.0145. The molecule has 0 spiro atoms. The summed E-state index contributed by atoms with van der Waals surface area (Å²) in [5.41, 5.74) is 7.10. The highest BCUT2D eigenvalue weighted by Gasteiger charge is 2.22. The number of aromatic nitrogens is 1. The Morgan fingerprint density at radius 2 is 2.42 bits per heavy atom. The zero-order valence-electron chi connectivity index (χ0n) is 11.8. The topological polar surface area (TPSA) is 60.5 Å². The minimum Gasteiger partial charge on any atom is -0.397 e. The van der Waals surface area contributed by atoms with Crippen LogP contribution >= 0.6 is 0 Å². The molecule has 0 aromatic carbocycles. The Balaban J connectivity index is 2.04. The molecule has 1 aliphatic rings. The van der Waals surface area contributed by atoms with E-state index < -0.39 is 0 Å². The third-order valence-electron chi connectivity index (χ3n) is 3.45. The lowest BCUT2D eigenvalue weighted by atomic mass is 10.2. The van der Waals surface area contributed by atoms with Crippen molar-refractivity contribution in [3.05, 3.63) is 18.0 Å². The first-order valence-electron chi connectivity index (χ1n) is 6.94. The van der Waals surface area contributed by atoms with Gasteiger partial charge in [0, 0.05) is 32.9 Å². The fourth-order valence-electron chi connectivity index (χ4n) is 2.51. The van der Waals surface area contributed by atoms with Crippen LogP contribution in [0.3, 0.4) is 0 Å². The van der Waals surface area contributed by atoms with Crippen molar-refractivity contribution in [1.82, 2.24) is 9.47 Å². The van der Waals surface area contributed by atoms with Crippen LogP contribution < -0.4 is 5.73 Å². The summed E-state index contributed by atoms with van der Waals surface area (Å²) in [5.74, 6) is 0.0145. The fraction of sp³-hybridized carbons (Fsp3) is 0.643. The van der Waals surface area contributed by atoms with Crippen LogP contribution in [0.15, 0.2) is 12.3 Å². The van der Waals surface area contributed by atoms with E-state index in [2.05, 4.69) is 6.92 Å². The van der Waals surface area contributed by atoms with Gasteiger partial charge in [-0.15, -0.1) is 0 Å². The van der Waals surface area contributed by atoms with Gasteiger partial charge >= 0.3 is 0 Å². The van der Waals surface area contributed by atoms with Crippen LogP contribution in [-0.2, 0) is 11.3 Å². The molecule has 2 heterocycles. The van der Waals surface area contributed by atoms with Crippen LogP contribution in [0, 0.1) is 0 Å². The van der Waals surface area contributed by atoms with Crippen LogP contribution in [0.4, 0.5) is 5.69 Å². The summed E-state index contributed by atoms with van der Waals surface area (Å²) in [5, 5.41) is 0. The lowest BCUT2D eigenvalue weighted by molar-refractivity contribution is 0.0579. The van der Waals surface area contributed by atoms with Gasteiger partial charge in [-0.05, 0) is 25.3 Å². The van der Waals surface area contributed by atoms with Crippen LogP contribution in [0.1, 0.15) is 36.7 Å². The normalized spacial score (nSPS) is 18.7. The third-order valence-corrected chi connectivity index (χ3v) is 3.45. The molecule has 0 saturated carbocycles. The molecule has 19 heavy (non-hydrogen) atoms. The molecule has 1 aromatic heterocycles. The molecule has 5 heteroatoms. The molecule has 1 amide bonds. The molecule has 1 aromatic rings. The van der Waals surface area contributed by atoms with Crippen molar-refractivity contribution in [3.63, 3.8) is 0 Å². The van der Waals surface area contributed by atoms with Gasteiger partial charge in [0.2, 0.25) is 0 Å². The number of anilines is 1. The first kappa shape index (κ1) is 13.9. The van der Waals surface area contributed by atoms with E-state index in [1.807, 2.05) is 17.8 Å². The van der Waals surface area contributed by atoms with Gasteiger partial charge in [0.15, 0.2) is 0 Å². The Kier molecular flexibility index (Phi) is 4.47. The van der Waals surface area contributed by atoms with E-state index in [0.29, 0.717) is 17.9 Å². The van der Waals surface area contributed by atoms with Crippen molar-refractivity contribution in [2.45, 2.75) is 38.8 Å². The molecule has 1 fully saturated rings. The molecule has 2 rings (SSSR count). The van der Waals surface area contributed by atoms with E-state index in [1.165, 1.54) is 0 Å². The fourth-order valence-corrected chi connectivity index (χ4v) is 2.51. The monoisotopic (exact) mass is 265 g/mol. The summed E-state index contributed by atoms with van der Waals surface area (Å²) in [6.07, 6.45) is 5.11. The number of nitrogen functional groups attached to an aromatic ring is 1. The highest BCUT2D eigenvalue weighted by atomic mass is 16.5. The average molecular weight is 265 g/mol. The molecule has 106 valence electrons. The van der Waals surface area contributed by atoms with E-state index in [0.717, 1.165) is 32.4 Å². The smallest absolute Gasteiger partial charge is 0.270 e. The van der Waals surface area contributed by atoms with E-state index in [9.17, 15) is 4.79 Å². The number of carbonyl (C=O) groups is 1. The number of ether oxygens (including phenoxy) is 1. The quantitative estimate of drug-likeness (QED) is 0.882. The number of carbonyl (C=O) groups excluding carboxylic acids is 1. The summed E-state index contributed by atoms with van der Waals surface area (Å²) < 4.78 is 7.50. The number of hydrogen-bond donors (Lipinski definition) is 1. The maximum atomic E-state index is 12.4. The van der Waals surface area contributed by atoms with Crippen molar-refractivity contribution in [2.75, 3.05) is 25.9 Å². The van der Waals surface area contributed by atoms with Gasteiger partial charge < -0.3 is 19.9 Å². The molecule has 1 unspecified atom stereocenters. The van der Waals surface area contributed by atoms with E-state index in [4.69, 9.17) is 10.5 Å². The molecule has 0 aliphatic carbocycles. The zero-order chi connectivity index (χ0) is 13.8. The number of nitrogens with zero attached hydrogens (tertiary/aromatic N) is 2. The number of likely N-dealkylation sites (N-methyl/N-ethyl adjacent to an activating group) is 1. The summed E-state index contributed by atoms with van der Waals surface area (Å²) in [7, 11) is 1.82. The van der Waals surface area contributed by atoms with Crippen molar-refractivity contribution in [3.8, 4) is 0 Å². The second kappa shape index (κ2) is 6.10. The number of nitrogens with two attached hydrogens (primary N) is 1. The van der Waals surface area contributed by atoms with Crippen LogP contribution in [0.2, 0.25) is 0 Å². The first-order chi connectivity index (χ1) is 9.11. The second-order valence-electron chi connectivity index (χ2n) is 5.17. The first-order valence-corrected chi connectivity index (χ1v) is 6.94. The highest BCUT2D eigenvalue weighted by molar-refractivity contribution is 5.93. The maximum absolute atomic E-state index is 12.4. The Hall–Kier alpha value is -1.49. The average Bonchev–Trinajstić information content (AvgIpc) is 2.98. The molecule has 1 aliphatic heterocycles. The standard InChI is InChI=1S/C14H23N3O2/c1-3-6-17-9-11(15)8-13(17)14(18)16(2)10-12-5-4-7-19-12/h8-9,12H,3-7,10,15H2,1-2H3. The predicted octanol–water partition coefficient (Wildman–Crippen LogP) is 1.73. The van der Waals surface area contributed by atoms with Gasteiger partial charge in [-0.3, -0.25) is 4.79 Å². The molecular formula is C14H23N3O2. The number of hydrogen-bond acceptors (Lipinski definition) is 3. The SMILES string of the molecule is CCCn1cc(N)cc1C(=O)N(C)CC1CCCO1. The van der Waals surface area contributed by atoms with E-state index in [-0.39, 0.29) is 12.0 Å². The van der Waals surface area contributed by atoms with Crippen molar-refractivity contribution >= 4 is 11.6 Å². The molecule has 0 bridgehead atoms. The number of aryl methyl sites for hydroxylation is 1. The highest BCUT2D eigenvalue weighted by Crippen LogP contribution is 2.16. The predicted molar refractivity (Wildman–Crippen MR) is 75.1 cm³/mol. The Bertz CT molecular complexity index is 436. The number of rotatable bonds is 5. The number of amides is 1. The molecule has 5 nitrogen and oxygen atoms in total. The molecular weight excluding hydrogens is 242 g/mol. The van der Waals surface area contributed by atoms with Crippen LogP contribution in [0.5, 0.6) is 0 Å². The second-order valence-corrected chi connectivity index (χ2v) is 5.17. The third kappa shape index (κ3) is 3.29. The summed E-state index contributed by atoms with van der Waals surface area (Å²) in [4.78, 5) is 14.2. The molecule has 1 saturated heterocycles. The largest absolute Gasteiger partial charge is 0.397 e. The lowest BCUT2D eigenvalue weighted by Gasteiger charge is -2.21. The van der Waals surface area contributed by atoms with E-state index >= 15 is 0 Å². The van der Waals surface area contributed by atoms with Crippen LogP contribution in [-0.4, -0.2) is 41.7 Å². The Labute approximate surface area is 114 Å². The van der Waals surface area contributed by atoms with Gasteiger partial charge in [0.05, 0.1) is 11.8 Å². The van der Waals surface area contributed by atoms with Crippen molar-refractivity contribution in [1.29, 1.82) is 0 Å². The van der Waals surface area contributed by atoms with Gasteiger partial charge in [-0.1, -0.05) is 6.92 Å². The van der Waals surface area contributed by atoms with Gasteiger partial charge in [-0.2, -0.15) is 0 Å². The zero-order valence-corrected chi connectivity index (χ0v) is 11.8.